The number of ether oxygens (including phenoxy) is 4. The SMILES string of the molecule is c1ccc(CCOC(OCCc2ccccc2)(OCCc2ccccc2)OCCc2ccccc2)cc1. The Bertz CT molecular complexity index is 931. The van der Waals surface area contributed by atoms with Crippen LogP contribution in [0.25, 0.3) is 0 Å². The molecule has 0 bridgehead atoms. The van der Waals surface area contributed by atoms with Crippen LogP contribution in [0.5, 0.6) is 0 Å². The van der Waals surface area contributed by atoms with Crippen LogP contribution in [0, 0.1) is 0 Å². The van der Waals surface area contributed by atoms with Gasteiger partial charge in [0.1, 0.15) is 0 Å². The average molecular weight is 497 g/mol. The lowest BCUT2D eigenvalue weighted by molar-refractivity contribution is -0.498. The molecule has 0 spiro atoms. The fourth-order valence-electron chi connectivity index (χ4n) is 4.00. The summed E-state index contributed by atoms with van der Waals surface area (Å²) >= 11 is 0. The molecule has 0 saturated carbocycles. The molecule has 4 nitrogen and oxygen atoms in total. The van der Waals surface area contributed by atoms with E-state index in [1.54, 1.807) is 0 Å². The third kappa shape index (κ3) is 9.60. The van der Waals surface area contributed by atoms with Crippen molar-refractivity contribution in [3.05, 3.63) is 144 Å². The maximum absolute atomic E-state index is 6.28. The standard InChI is InChI=1S/C33H36O4/c1-5-13-29(14-6-1)21-25-34-33(35-26-22-30-15-7-2-8-16-30,36-27-23-31-17-9-3-10-18-31)37-28-24-32-19-11-4-12-20-32/h1-20H,21-28H2. The summed E-state index contributed by atoms with van der Waals surface area (Å²) in [7, 11) is 0. The van der Waals surface area contributed by atoms with Crippen LogP contribution < -0.4 is 0 Å². The zero-order valence-corrected chi connectivity index (χ0v) is 21.3. The van der Waals surface area contributed by atoms with E-state index >= 15 is 0 Å². The van der Waals surface area contributed by atoms with Crippen molar-refractivity contribution in [3.63, 3.8) is 0 Å². The van der Waals surface area contributed by atoms with Gasteiger partial charge in [0.25, 0.3) is 0 Å². The van der Waals surface area contributed by atoms with Gasteiger partial charge in [0.15, 0.2) is 0 Å². The van der Waals surface area contributed by atoms with Crippen molar-refractivity contribution in [2.24, 2.45) is 0 Å². The normalized spacial score (nSPS) is 11.5. The summed E-state index contributed by atoms with van der Waals surface area (Å²) in [5, 5.41) is 0. The fraction of sp³-hybridized carbons (Fsp3) is 0.273. The number of rotatable bonds is 16. The van der Waals surface area contributed by atoms with Crippen molar-refractivity contribution in [1.29, 1.82) is 0 Å². The molecular formula is C33H36O4. The summed E-state index contributed by atoms with van der Waals surface area (Å²) < 4.78 is 25.1. The van der Waals surface area contributed by atoms with Crippen molar-refractivity contribution >= 4 is 0 Å². The molecule has 0 aliphatic rings. The first-order valence-corrected chi connectivity index (χ1v) is 13.0. The zero-order valence-electron chi connectivity index (χ0n) is 21.3. The molecule has 0 atom stereocenters. The lowest BCUT2D eigenvalue weighted by Gasteiger charge is -2.32. The predicted molar refractivity (Wildman–Crippen MR) is 147 cm³/mol. The lowest BCUT2D eigenvalue weighted by atomic mass is 10.2. The van der Waals surface area contributed by atoms with Gasteiger partial charge in [0.05, 0.1) is 26.4 Å². The number of benzene rings is 4. The number of hydrogen-bond acceptors (Lipinski definition) is 4. The first kappa shape index (κ1) is 26.8. The highest BCUT2D eigenvalue weighted by Crippen LogP contribution is 2.21. The monoisotopic (exact) mass is 496 g/mol. The summed E-state index contributed by atoms with van der Waals surface area (Å²) in [6.07, 6.45) is 1.35. The summed E-state index contributed by atoms with van der Waals surface area (Å²) in [6.45, 7) is 1.64. The van der Waals surface area contributed by atoms with E-state index in [-0.39, 0.29) is 0 Å². The third-order valence-corrected chi connectivity index (χ3v) is 6.05. The van der Waals surface area contributed by atoms with Crippen LogP contribution in [0.15, 0.2) is 121 Å². The second-order valence-electron chi connectivity index (χ2n) is 8.84. The molecule has 4 heteroatoms. The molecule has 0 N–H and O–H groups in total. The van der Waals surface area contributed by atoms with Crippen LogP contribution in [-0.4, -0.2) is 32.6 Å². The minimum Gasteiger partial charge on any atom is -0.303 e. The van der Waals surface area contributed by atoms with Gasteiger partial charge < -0.3 is 18.9 Å². The molecule has 0 heterocycles. The van der Waals surface area contributed by atoms with Gasteiger partial charge >= 0.3 is 6.16 Å². The van der Waals surface area contributed by atoms with Crippen LogP contribution in [0.2, 0.25) is 0 Å². The molecule has 4 aromatic rings. The van der Waals surface area contributed by atoms with Gasteiger partial charge in [-0.1, -0.05) is 121 Å². The molecule has 0 fully saturated rings. The Labute approximate surface area is 220 Å². The second-order valence-corrected chi connectivity index (χ2v) is 8.84. The van der Waals surface area contributed by atoms with Gasteiger partial charge in [-0.05, 0) is 47.9 Å². The van der Waals surface area contributed by atoms with Crippen LogP contribution in [0.4, 0.5) is 0 Å². The van der Waals surface area contributed by atoms with Crippen LogP contribution in [-0.2, 0) is 44.6 Å². The minimum atomic E-state index is -1.58. The van der Waals surface area contributed by atoms with Crippen molar-refractivity contribution in [2.45, 2.75) is 31.8 Å². The summed E-state index contributed by atoms with van der Waals surface area (Å²) in [5.41, 5.74) is 4.76. The molecule has 192 valence electrons. The first-order valence-electron chi connectivity index (χ1n) is 13.0. The maximum atomic E-state index is 6.28. The van der Waals surface area contributed by atoms with E-state index < -0.39 is 6.16 Å². The summed E-state index contributed by atoms with van der Waals surface area (Å²) in [4.78, 5) is 0. The largest absolute Gasteiger partial charge is 0.412 e. The van der Waals surface area contributed by atoms with Gasteiger partial charge in [0, 0.05) is 0 Å². The molecule has 4 rings (SSSR count). The molecule has 0 saturated heterocycles. The highest BCUT2D eigenvalue weighted by Gasteiger charge is 2.36. The quantitative estimate of drug-likeness (QED) is 0.163. The fourth-order valence-corrected chi connectivity index (χ4v) is 4.00. The van der Waals surface area contributed by atoms with Crippen LogP contribution >= 0.6 is 0 Å². The molecule has 0 aromatic heterocycles. The molecule has 0 radical (unpaired) electrons. The smallest absolute Gasteiger partial charge is 0.303 e. The second kappa shape index (κ2) is 15.1. The highest BCUT2D eigenvalue weighted by molar-refractivity contribution is 5.16. The molecule has 37 heavy (non-hydrogen) atoms. The predicted octanol–water partition coefficient (Wildman–Crippen LogP) is 6.63. The summed E-state index contributed by atoms with van der Waals surface area (Å²) in [5.74, 6) is 0. The van der Waals surface area contributed by atoms with E-state index in [4.69, 9.17) is 18.9 Å². The van der Waals surface area contributed by atoms with E-state index in [1.165, 1.54) is 22.3 Å². The van der Waals surface area contributed by atoms with Crippen LogP contribution in [0.3, 0.4) is 0 Å². The van der Waals surface area contributed by atoms with Crippen molar-refractivity contribution < 1.29 is 18.9 Å². The Morgan fingerprint density at radius 1 is 0.324 bits per heavy atom. The van der Waals surface area contributed by atoms with Gasteiger partial charge in [-0.3, -0.25) is 0 Å². The molecule has 0 unspecified atom stereocenters. The van der Waals surface area contributed by atoms with E-state index in [9.17, 15) is 0 Å². The Kier molecular flexibility index (Phi) is 10.9. The Morgan fingerprint density at radius 2 is 0.541 bits per heavy atom. The molecular weight excluding hydrogens is 460 g/mol. The Hall–Kier alpha value is -3.28. The van der Waals surface area contributed by atoms with Crippen molar-refractivity contribution in [2.75, 3.05) is 26.4 Å². The van der Waals surface area contributed by atoms with E-state index in [0.29, 0.717) is 26.4 Å². The van der Waals surface area contributed by atoms with Gasteiger partial charge in [-0.2, -0.15) is 0 Å². The Morgan fingerprint density at radius 3 is 0.757 bits per heavy atom. The highest BCUT2D eigenvalue weighted by atomic mass is 17.0. The average Bonchev–Trinajstić information content (AvgIpc) is 2.95. The molecule has 4 aromatic carbocycles. The van der Waals surface area contributed by atoms with Gasteiger partial charge in [-0.15, -0.1) is 0 Å². The molecule has 0 aliphatic heterocycles. The third-order valence-electron chi connectivity index (χ3n) is 6.05. The zero-order chi connectivity index (χ0) is 25.4. The van der Waals surface area contributed by atoms with E-state index in [0.717, 1.165) is 25.7 Å². The van der Waals surface area contributed by atoms with Gasteiger partial charge in [0.2, 0.25) is 0 Å². The topological polar surface area (TPSA) is 36.9 Å². The van der Waals surface area contributed by atoms with Gasteiger partial charge in [-0.25, -0.2) is 0 Å². The van der Waals surface area contributed by atoms with E-state index in [2.05, 4.69) is 48.5 Å². The minimum absolute atomic E-state index is 0.409. The van der Waals surface area contributed by atoms with Crippen molar-refractivity contribution in [3.8, 4) is 0 Å². The summed E-state index contributed by atoms with van der Waals surface area (Å²) in [6, 6.07) is 41.1. The Balaban J connectivity index is 1.44. The lowest BCUT2D eigenvalue weighted by Crippen LogP contribution is -2.44. The van der Waals surface area contributed by atoms with E-state index in [1.807, 2.05) is 72.8 Å². The molecule has 0 aliphatic carbocycles. The maximum Gasteiger partial charge on any atom is 0.412 e. The first-order chi connectivity index (χ1) is 18.3. The molecule has 0 amide bonds. The van der Waals surface area contributed by atoms with Crippen molar-refractivity contribution in [1.82, 2.24) is 0 Å². The number of hydrogen-bond donors (Lipinski definition) is 0. The van der Waals surface area contributed by atoms with Crippen LogP contribution in [0.1, 0.15) is 22.3 Å².